The summed E-state index contributed by atoms with van der Waals surface area (Å²) in [6.45, 7) is 10.5. The Balaban J connectivity index is 0.00000288. The number of rotatable bonds is 6. The van der Waals surface area contributed by atoms with Gasteiger partial charge in [0.2, 0.25) is 0 Å². The zero-order valence-corrected chi connectivity index (χ0v) is 17.8. The van der Waals surface area contributed by atoms with Crippen LogP contribution in [0.25, 0.3) is 0 Å². The van der Waals surface area contributed by atoms with Crippen molar-refractivity contribution in [3.05, 3.63) is 23.2 Å². The number of guanidine groups is 1. The molecule has 0 saturated carbocycles. The van der Waals surface area contributed by atoms with Gasteiger partial charge in [0.1, 0.15) is 11.5 Å². The van der Waals surface area contributed by atoms with E-state index < -0.39 is 0 Å². The minimum absolute atomic E-state index is 0. The van der Waals surface area contributed by atoms with Gasteiger partial charge in [0.25, 0.3) is 0 Å². The Morgan fingerprint density at radius 3 is 2.62 bits per heavy atom. The standard InChI is InChI=1S/C18H31N3O2.HI/c1-5-19-18(20-13-17-12-14(2)23-15(17)3)21(4)9-6-16-7-10-22-11-8-16;/h12,16H,5-11,13H2,1-4H3,(H,19,20);1H. The molecule has 2 heterocycles. The lowest BCUT2D eigenvalue weighted by atomic mass is 9.96. The first-order chi connectivity index (χ1) is 11.1. The molecule has 0 radical (unpaired) electrons. The van der Waals surface area contributed by atoms with Gasteiger partial charge in [-0.3, -0.25) is 0 Å². The van der Waals surface area contributed by atoms with Crippen molar-refractivity contribution >= 4 is 29.9 Å². The fourth-order valence-corrected chi connectivity index (χ4v) is 2.99. The van der Waals surface area contributed by atoms with Crippen LogP contribution in [0.15, 0.2) is 15.5 Å². The lowest BCUT2D eigenvalue weighted by molar-refractivity contribution is 0.0625. The minimum atomic E-state index is 0. The quantitative estimate of drug-likeness (QED) is 0.409. The van der Waals surface area contributed by atoms with Gasteiger partial charge >= 0.3 is 0 Å². The molecular weight excluding hydrogens is 417 g/mol. The molecule has 1 fully saturated rings. The second-order valence-electron chi connectivity index (χ2n) is 6.37. The van der Waals surface area contributed by atoms with Crippen LogP contribution in [0.3, 0.4) is 0 Å². The van der Waals surface area contributed by atoms with Crippen molar-refractivity contribution in [1.82, 2.24) is 10.2 Å². The van der Waals surface area contributed by atoms with Crippen molar-refractivity contribution in [2.24, 2.45) is 10.9 Å². The molecule has 6 heteroatoms. The molecule has 0 spiro atoms. The van der Waals surface area contributed by atoms with Gasteiger partial charge in [-0.1, -0.05) is 0 Å². The predicted molar refractivity (Wildman–Crippen MR) is 109 cm³/mol. The van der Waals surface area contributed by atoms with E-state index in [0.29, 0.717) is 6.54 Å². The maximum absolute atomic E-state index is 5.58. The molecule has 0 unspecified atom stereocenters. The highest BCUT2D eigenvalue weighted by atomic mass is 127. The van der Waals surface area contributed by atoms with Crippen LogP contribution in [0.5, 0.6) is 0 Å². The zero-order chi connectivity index (χ0) is 16.7. The van der Waals surface area contributed by atoms with Crippen molar-refractivity contribution in [1.29, 1.82) is 0 Å². The van der Waals surface area contributed by atoms with Gasteiger partial charge in [0.15, 0.2) is 5.96 Å². The lowest BCUT2D eigenvalue weighted by Gasteiger charge is -2.26. The van der Waals surface area contributed by atoms with Crippen LogP contribution in [-0.2, 0) is 11.3 Å². The molecular formula is C18H32IN3O2. The van der Waals surface area contributed by atoms with Gasteiger partial charge in [0.05, 0.1) is 6.54 Å². The molecule has 1 aliphatic heterocycles. The molecule has 5 nitrogen and oxygen atoms in total. The lowest BCUT2D eigenvalue weighted by Crippen LogP contribution is -2.40. The van der Waals surface area contributed by atoms with Crippen LogP contribution in [-0.4, -0.2) is 44.2 Å². The molecule has 1 aliphatic rings. The van der Waals surface area contributed by atoms with Crippen molar-refractivity contribution in [2.45, 2.75) is 46.6 Å². The second kappa shape index (κ2) is 11.0. The van der Waals surface area contributed by atoms with Crippen molar-refractivity contribution in [3.63, 3.8) is 0 Å². The number of hydrogen-bond donors (Lipinski definition) is 1. The predicted octanol–water partition coefficient (Wildman–Crippen LogP) is 3.73. The van der Waals surface area contributed by atoms with Crippen molar-refractivity contribution < 1.29 is 9.15 Å². The normalized spacial score (nSPS) is 15.9. The molecule has 2 rings (SSSR count). The Bertz CT molecular complexity index is 510. The van der Waals surface area contributed by atoms with E-state index in [9.17, 15) is 0 Å². The summed E-state index contributed by atoms with van der Waals surface area (Å²) in [6, 6.07) is 2.07. The van der Waals surface area contributed by atoms with E-state index in [-0.39, 0.29) is 24.0 Å². The zero-order valence-electron chi connectivity index (χ0n) is 15.4. The maximum atomic E-state index is 5.58. The number of hydrogen-bond acceptors (Lipinski definition) is 3. The van der Waals surface area contributed by atoms with Crippen LogP contribution in [0, 0.1) is 19.8 Å². The van der Waals surface area contributed by atoms with Crippen molar-refractivity contribution in [2.75, 3.05) is 33.4 Å². The first-order valence-corrected chi connectivity index (χ1v) is 8.73. The van der Waals surface area contributed by atoms with E-state index in [1.807, 2.05) is 13.8 Å². The van der Waals surface area contributed by atoms with Gasteiger partial charge < -0.3 is 19.4 Å². The maximum Gasteiger partial charge on any atom is 0.193 e. The summed E-state index contributed by atoms with van der Waals surface area (Å²) < 4.78 is 11.0. The third kappa shape index (κ3) is 6.63. The van der Waals surface area contributed by atoms with Gasteiger partial charge in [-0.25, -0.2) is 4.99 Å². The summed E-state index contributed by atoms with van der Waals surface area (Å²) in [4.78, 5) is 7.01. The number of halogens is 1. The topological polar surface area (TPSA) is 50.0 Å². The van der Waals surface area contributed by atoms with E-state index in [1.165, 1.54) is 19.3 Å². The van der Waals surface area contributed by atoms with Crippen LogP contribution in [0.2, 0.25) is 0 Å². The van der Waals surface area contributed by atoms with Crippen LogP contribution >= 0.6 is 24.0 Å². The highest BCUT2D eigenvalue weighted by Crippen LogP contribution is 2.19. The molecule has 0 bridgehead atoms. The fourth-order valence-electron chi connectivity index (χ4n) is 2.99. The van der Waals surface area contributed by atoms with E-state index in [4.69, 9.17) is 14.1 Å². The Morgan fingerprint density at radius 2 is 2.04 bits per heavy atom. The Kier molecular flexibility index (Phi) is 9.73. The monoisotopic (exact) mass is 449 g/mol. The smallest absolute Gasteiger partial charge is 0.193 e. The van der Waals surface area contributed by atoms with Gasteiger partial charge in [-0.15, -0.1) is 24.0 Å². The molecule has 24 heavy (non-hydrogen) atoms. The number of nitrogens with zero attached hydrogens (tertiary/aromatic N) is 2. The molecule has 0 amide bonds. The first-order valence-electron chi connectivity index (χ1n) is 8.73. The molecule has 1 aromatic rings. The largest absolute Gasteiger partial charge is 0.466 e. The Labute approximate surface area is 163 Å². The molecule has 1 saturated heterocycles. The third-order valence-corrected chi connectivity index (χ3v) is 4.45. The minimum Gasteiger partial charge on any atom is -0.466 e. The first kappa shape index (κ1) is 21.3. The summed E-state index contributed by atoms with van der Waals surface area (Å²) in [7, 11) is 2.12. The average molecular weight is 449 g/mol. The summed E-state index contributed by atoms with van der Waals surface area (Å²) in [5.74, 6) is 3.67. The van der Waals surface area contributed by atoms with Crippen LogP contribution < -0.4 is 5.32 Å². The number of aliphatic imine (C=N–C) groups is 1. The third-order valence-electron chi connectivity index (χ3n) is 4.45. The highest BCUT2D eigenvalue weighted by Gasteiger charge is 2.15. The number of aryl methyl sites for hydroxylation is 2. The van der Waals surface area contributed by atoms with E-state index in [2.05, 4.69) is 30.3 Å². The van der Waals surface area contributed by atoms with Crippen LogP contribution in [0.1, 0.15) is 43.3 Å². The van der Waals surface area contributed by atoms with Crippen LogP contribution in [0.4, 0.5) is 0 Å². The van der Waals surface area contributed by atoms with Gasteiger partial charge in [-0.05, 0) is 52.0 Å². The summed E-state index contributed by atoms with van der Waals surface area (Å²) in [6.07, 6.45) is 3.58. The van der Waals surface area contributed by atoms with E-state index in [0.717, 1.165) is 55.3 Å². The van der Waals surface area contributed by atoms with E-state index in [1.54, 1.807) is 0 Å². The number of furan rings is 1. The summed E-state index contributed by atoms with van der Waals surface area (Å²) >= 11 is 0. The molecule has 1 aromatic heterocycles. The van der Waals surface area contributed by atoms with E-state index >= 15 is 0 Å². The summed E-state index contributed by atoms with van der Waals surface area (Å²) in [5, 5.41) is 3.39. The highest BCUT2D eigenvalue weighted by molar-refractivity contribution is 14.0. The SMILES string of the molecule is CCNC(=NCc1cc(C)oc1C)N(C)CCC1CCOCC1.I. The molecule has 138 valence electrons. The van der Waals surface area contributed by atoms with Gasteiger partial charge in [0, 0.05) is 38.9 Å². The van der Waals surface area contributed by atoms with Crippen molar-refractivity contribution in [3.8, 4) is 0 Å². The van der Waals surface area contributed by atoms with Gasteiger partial charge in [-0.2, -0.15) is 0 Å². The Hall–Kier alpha value is -0.760. The number of ether oxygens (including phenoxy) is 1. The summed E-state index contributed by atoms with van der Waals surface area (Å²) in [5.41, 5.74) is 1.16. The molecule has 0 aliphatic carbocycles. The fraction of sp³-hybridized carbons (Fsp3) is 0.722. The second-order valence-corrected chi connectivity index (χ2v) is 6.37. The molecule has 0 aromatic carbocycles. The average Bonchev–Trinajstić information content (AvgIpc) is 2.87. The molecule has 0 atom stereocenters. The number of nitrogens with one attached hydrogen (secondary N) is 1. The molecule has 1 N–H and O–H groups in total. The Morgan fingerprint density at radius 1 is 1.33 bits per heavy atom.